The number of likely N-dealkylation sites (N-methyl/N-ethyl adjacent to an activating group) is 1. The molecule has 6 aromatic rings. The molecular weight excluding hydrogens is 945 g/mol. The number of aliphatic hydroxyl groups is 1. The average molecular weight is 1010 g/mol. The maximum Gasteiger partial charge on any atom is 0.257 e. The number of hydrogen-bond donors (Lipinski definition) is 3. The molecule has 2 aliphatic heterocycles. The molecular formula is C57H64N6O9S. The van der Waals surface area contributed by atoms with Crippen LogP contribution in [0.5, 0.6) is 17.4 Å². The summed E-state index contributed by atoms with van der Waals surface area (Å²) in [7, 11) is 1.76. The second kappa shape index (κ2) is 23.6. The van der Waals surface area contributed by atoms with Gasteiger partial charge < -0.3 is 44.1 Å². The van der Waals surface area contributed by atoms with Gasteiger partial charge in [0.15, 0.2) is 11.3 Å². The molecule has 0 radical (unpaired) electrons. The molecule has 4 aromatic carbocycles. The zero-order valence-electron chi connectivity index (χ0n) is 42.2. The van der Waals surface area contributed by atoms with Gasteiger partial charge in [0.05, 0.1) is 41.4 Å². The summed E-state index contributed by atoms with van der Waals surface area (Å²) in [6, 6.07) is 34.2. The molecule has 16 heteroatoms. The number of hydrogen-bond acceptors (Lipinski definition) is 13. The van der Waals surface area contributed by atoms with Gasteiger partial charge in [-0.25, -0.2) is 9.98 Å². The van der Waals surface area contributed by atoms with E-state index < -0.39 is 23.6 Å². The number of amidine groups is 1. The molecule has 15 nitrogen and oxygen atoms in total. The summed E-state index contributed by atoms with van der Waals surface area (Å²) in [5, 5.41) is 27.8. The molecule has 1 fully saturated rings. The summed E-state index contributed by atoms with van der Waals surface area (Å²) < 4.78 is 23.3. The number of nitrogens with zero attached hydrogens (tertiary/aromatic N) is 5. The molecule has 0 unspecified atom stereocenters. The van der Waals surface area contributed by atoms with Gasteiger partial charge in [0.25, 0.3) is 11.8 Å². The lowest BCUT2D eigenvalue weighted by Crippen LogP contribution is -2.48. The molecule has 0 bridgehead atoms. The lowest BCUT2D eigenvalue weighted by molar-refractivity contribution is -0.134. The van der Waals surface area contributed by atoms with Crippen molar-refractivity contribution in [2.75, 3.05) is 46.6 Å². The predicted octanol–water partition coefficient (Wildman–Crippen LogP) is 9.04. The highest BCUT2D eigenvalue weighted by Gasteiger charge is 2.48. The normalized spacial score (nSPS) is 18.3. The topological polar surface area (TPSA) is 189 Å². The molecule has 8 rings (SSSR count). The van der Waals surface area contributed by atoms with Crippen molar-refractivity contribution >= 4 is 46.0 Å². The third-order valence-electron chi connectivity index (χ3n) is 13.5. The number of aliphatic imine (C=N–C) groups is 1. The van der Waals surface area contributed by atoms with E-state index in [1.54, 1.807) is 58.8 Å². The average Bonchev–Trinajstić information content (AvgIpc) is 4.20. The summed E-state index contributed by atoms with van der Waals surface area (Å²) in [4.78, 5) is 54.3. The number of thiazole rings is 1. The van der Waals surface area contributed by atoms with Gasteiger partial charge in [0.2, 0.25) is 11.8 Å². The van der Waals surface area contributed by atoms with Crippen LogP contribution in [0.15, 0.2) is 124 Å². The highest BCUT2D eigenvalue weighted by Crippen LogP contribution is 2.38. The molecule has 4 heterocycles. The van der Waals surface area contributed by atoms with E-state index in [1.165, 1.54) is 5.57 Å². The van der Waals surface area contributed by atoms with Crippen molar-refractivity contribution in [2.24, 2.45) is 10.9 Å². The molecule has 1 saturated heterocycles. The van der Waals surface area contributed by atoms with E-state index in [-0.39, 0.29) is 61.4 Å². The summed E-state index contributed by atoms with van der Waals surface area (Å²) in [5.74, 6) is 0.220. The van der Waals surface area contributed by atoms with Crippen molar-refractivity contribution in [3.05, 3.63) is 148 Å². The van der Waals surface area contributed by atoms with Crippen LogP contribution in [0.25, 0.3) is 21.6 Å². The Hall–Kier alpha value is -7.14. The van der Waals surface area contributed by atoms with Crippen LogP contribution in [-0.4, -0.2) is 112 Å². The number of aryl methyl sites for hydroxylation is 1. The highest BCUT2D eigenvalue weighted by atomic mass is 32.1. The molecule has 382 valence electrons. The Balaban J connectivity index is 0.767. The molecule has 2 aliphatic rings. The summed E-state index contributed by atoms with van der Waals surface area (Å²) in [6.45, 7) is 11.3. The van der Waals surface area contributed by atoms with Crippen LogP contribution in [0.3, 0.4) is 0 Å². The van der Waals surface area contributed by atoms with Crippen molar-refractivity contribution in [3.8, 4) is 27.8 Å². The molecule has 3 N–H and O–H groups in total. The summed E-state index contributed by atoms with van der Waals surface area (Å²) in [5.41, 5.74) is 8.71. The first-order valence-corrected chi connectivity index (χ1v) is 25.7. The predicted molar refractivity (Wildman–Crippen MR) is 281 cm³/mol. The Morgan fingerprint density at radius 3 is 2.32 bits per heavy atom. The number of carbonyl (C=O) groups excluding carboxylic acids is 3. The third kappa shape index (κ3) is 12.2. The van der Waals surface area contributed by atoms with Crippen LogP contribution in [0.2, 0.25) is 0 Å². The maximum absolute atomic E-state index is 14.4. The van der Waals surface area contributed by atoms with Gasteiger partial charge >= 0.3 is 0 Å². The Morgan fingerprint density at radius 2 is 1.64 bits per heavy atom. The number of aromatic nitrogens is 2. The smallest absolute Gasteiger partial charge is 0.257 e. The van der Waals surface area contributed by atoms with Crippen molar-refractivity contribution < 1.29 is 43.3 Å². The number of ether oxygens (including phenoxy) is 3. The van der Waals surface area contributed by atoms with Gasteiger partial charge in [-0.1, -0.05) is 99.6 Å². The number of rotatable bonds is 22. The first-order chi connectivity index (χ1) is 35.2. The monoisotopic (exact) mass is 1010 g/mol. The molecule has 0 spiro atoms. The number of aliphatic hydroxyl groups excluding tert-OH is 1. The zero-order chi connectivity index (χ0) is 51.6. The molecule has 3 amide bonds. The van der Waals surface area contributed by atoms with Crippen LogP contribution in [0.1, 0.15) is 93.0 Å². The molecule has 0 saturated carbocycles. The van der Waals surface area contributed by atoms with Gasteiger partial charge in [-0.3, -0.25) is 14.4 Å². The number of allylic oxidation sites excluding steroid dienone is 1. The fraction of sp³-hybridized carbons (Fsp3) is 0.368. The Labute approximate surface area is 430 Å². The number of carbonyl (C=O) groups is 3. The minimum absolute atomic E-state index is 0.0155. The van der Waals surface area contributed by atoms with Gasteiger partial charge in [-0.05, 0) is 101 Å². The van der Waals surface area contributed by atoms with E-state index in [1.807, 2.05) is 99.6 Å². The van der Waals surface area contributed by atoms with Crippen LogP contribution in [0.4, 0.5) is 0 Å². The fourth-order valence-corrected chi connectivity index (χ4v) is 10.2. The van der Waals surface area contributed by atoms with E-state index in [0.29, 0.717) is 55.5 Å². The second-order valence-electron chi connectivity index (χ2n) is 18.9. The summed E-state index contributed by atoms with van der Waals surface area (Å²) in [6.07, 6.45) is 1.07. The summed E-state index contributed by atoms with van der Waals surface area (Å²) >= 11 is 1.56. The van der Waals surface area contributed by atoms with Gasteiger partial charge in [0.1, 0.15) is 36.5 Å². The molecule has 2 aromatic heterocycles. The number of phenols is 1. The first kappa shape index (κ1) is 52.2. The lowest BCUT2D eigenvalue weighted by Gasteiger charge is -2.29. The van der Waals surface area contributed by atoms with E-state index in [2.05, 4.69) is 34.5 Å². The van der Waals surface area contributed by atoms with Crippen LogP contribution < -0.4 is 14.8 Å². The first-order valence-electron chi connectivity index (χ1n) is 24.9. The third-order valence-corrected chi connectivity index (χ3v) is 14.4. The van der Waals surface area contributed by atoms with Gasteiger partial charge in [-0.15, -0.1) is 11.3 Å². The van der Waals surface area contributed by atoms with Crippen molar-refractivity contribution in [1.82, 2.24) is 25.3 Å². The quantitative estimate of drug-likeness (QED) is 0.0435. The number of benzene rings is 4. The van der Waals surface area contributed by atoms with E-state index in [9.17, 15) is 24.6 Å². The maximum atomic E-state index is 14.4. The Bertz CT molecular complexity index is 2900. The van der Waals surface area contributed by atoms with E-state index in [0.717, 1.165) is 44.8 Å². The highest BCUT2D eigenvalue weighted by molar-refractivity contribution is 7.13. The van der Waals surface area contributed by atoms with Crippen LogP contribution >= 0.6 is 11.3 Å². The zero-order valence-corrected chi connectivity index (χ0v) is 43.1. The number of phenolic OH excluding ortho intramolecular Hbond substituents is 1. The SMILES string of the molecule is CC/C(=C(/c1ccc(O)cc1)c1ccc(OCCN(C)C(=O)CCCOCCOc2cc([C@@H](C(=O)N3C[C@H](O)C[C@H]3C3=N[C@@](C)(c4ccc(-c5scnc5C)cc4)C(=O)N3)C(C)C)on2)cc1)c1ccccc1. The van der Waals surface area contributed by atoms with Crippen LogP contribution in [0, 0.1) is 12.8 Å². The van der Waals surface area contributed by atoms with Crippen molar-refractivity contribution in [3.63, 3.8) is 0 Å². The van der Waals surface area contributed by atoms with Crippen molar-refractivity contribution in [2.45, 2.75) is 83.9 Å². The number of β-amino-alcohol motifs (C(OH)–C–C–N with tert-alkyl or cyclic N) is 1. The number of likely N-dealkylation sites (tertiary alicyclic amines) is 1. The molecule has 73 heavy (non-hydrogen) atoms. The standard InChI is InChI=1S/C57H64N6O9S/c1-7-46(38-12-9-8-10-13-38)52(39-17-23-43(64)24-18-39)40-19-25-45(26-20-40)70-29-27-62(6)50(66)14-11-28-69-30-31-71-49-33-48(72-61-49)51(36(2)3)55(67)63-34-44(65)32-47(63)54-59-56(68)57(5,60-54)42-21-15-41(16-22-42)53-37(4)58-35-73-53/h8-10,12-13,15-26,33,35-36,44,47,51,64-65H,7,11,14,27-32,34H2,1-6H3,(H,59,60,68)/b52-46+/t44-,47+,51+,57+/m1/s1. The van der Waals surface area contributed by atoms with Crippen molar-refractivity contribution in [1.29, 1.82) is 0 Å². The Kier molecular flexibility index (Phi) is 16.9. The second-order valence-corrected chi connectivity index (χ2v) is 19.8. The number of amides is 3. The minimum Gasteiger partial charge on any atom is -0.508 e. The molecule has 0 aliphatic carbocycles. The van der Waals surface area contributed by atoms with Crippen LogP contribution in [-0.2, 0) is 24.7 Å². The largest absolute Gasteiger partial charge is 0.508 e. The number of nitrogens with one attached hydrogen (secondary N) is 1. The Morgan fingerprint density at radius 1 is 0.932 bits per heavy atom. The fourth-order valence-electron chi connectivity index (χ4n) is 9.43. The van der Waals surface area contributed by atoms with E-state index >= 15 is 0 Å². The lowest BCUT2D eigenvalue weighted by atomic mass is 9.88. The van der Waals surface area contributed by atoms with E-state index in [4.69, 9.17) is 23.7 Å². The number of aromatic hydroxyl groups is 1. The minimum atomic E-state index is -1.22. The molecule has 4 atom stereocenters. The van der Waals surface area contributed by atoms with Gasteiger partial charge in [-0.2, -0.15) is 0 Å². The van der Waals surface area contributed by atoms with Gasteiger partial charge in [0, 0.05) is 39.1 Å².